The quantitative estimate of drug-likeness (QED) is 0.464. The molecule has 0 radical (unpaired) electrons. The van der Waals surface area contributed by atoms with Crippen LogP contribution in [0.2, 0.25) is 0 Å². The summed E-state index contributed by atoms with van der Waals surface area (Å²) in [5.41, 5.74) is -0.597. The standard InChI is InChI=1S/C15H14N2O7S/c18-9-7-25(23)14-11(13(20)17(14)12(9)15(21)22)16-10(19)6-24-8-4-2-1-3-5-8/h1-5,11,14,18H,6-7H2,(H,16,19)(H,21,22)/t11?,14-,25?/m1/s1. The van der Waals surface area contributed by atoms with Gasteiger partial charge in [-0.3, -0.25) is 14.5 Å². The van der Waals surface area contributed by atoms with E-state index in [-0.39, 0.29) is 12.4 Å². The maximum atomic E-state index is 12.1. The lowest BCUT2D eigenvalue weighted by atomic mass is 10.0. The second-order valence-electron chi connectivity index (χ2n) is 5.37. The molecule has 1 aromatic carbocycles. The van der Waals surface area contributed by atoms with Gasteiger partial charge < -0.3 is 24.8 Å². The summed E-state index contributed by atoms with van der Waals surface area (Å²) in [7, 11) is 0. The summed E-state index contributed by atoms with van der Waals surface area (Å²) < 4.78 is 17.4. The molecule has 132 valence electrons. The Hall–Kier alpha value is -2.72. The van der Waals surface area contributed by atoms with Crippen LogP contribution in [-0.2, 0) is 25.6 Å². The molecule has 2 amide bonds. The van der Waals surface area contributed by atoms with Gasteiger partial charge in [0.25, 0.3) is 11.8 Å². The van der Waals surface area contributed by atoms with Gasteiger partial charge in [0.1, 0.15) is 5.75 Å². The lowest BCUT2D eigenvalue weighted by Crippen LogP contribution is -2.75. The van der Waals surface area contributed by atoms with Gasteiger partial charge in [-0.05, 0) is 23.3 Å². The van der Waals surface area contributed by atoms with Crippen LogP contribution in [0, 0.1) is 0 Å². The Balaban J connectivity index is 1.64. The molecule has 0 saturated carbocycles. The third-order valence-corrected chi connectivity index (χ3v) is 5.32. The molecule has 2 heterocycles. The predicted molar refractivity (Wildman–Crippen MR) is 84.8 cm³/mol. The molecular formula is C15H14N2O7S. The molecule has 3 atom stereocenters. The first-order valence-electron chi connectivity index (χ1n) is 7.23. The third kappa shape index (κ3) is 3.13. The lowest BCUT2D eigenvalue weighted by Gasteiger charge is -2.48. The number of nitrogens with one attached hydrogen (secondary N) is 1. The topological polar surface area (TPSA) is 139 Å². The van der Waals surface area contributed by atoms with E-state index in [2.05, 4.69) is 5.32 Å². The fraction of sp³-hybridized carbons (Fsp3) is 0.267. The van der Waals surface area contributed by atoms with Crippen LogP contribution in [0.4, 0.5) is 0 Å². The minimum absolute atomic E-state index is 0.347. The number of para-hydroxylation sites is 1. The average molecular weight is 366 g/mol. The number of aliphatic hydroxyl groups is 1. The van der Waals surface area contributed by atoms with Crippen molar-refractivity contribution in [1.29, 1.82) is 0 Å². The van der Waals surface area contributed by atoms with E-state index in [0.717, 1.165) is 4.90 Å². The number of aliphatic carboxylic acids is 1. The number of nitrogens with zero attached hydrogens (tertiary/aromatic N) is 1. The molecule has 2 aliphatic rings. The Bertz CT molecular complexity index is 752. The van der Waals surface area contributed by atoms with Gasteiger partial charge in [-0.15, -0.1) is 0 Å². The average Bonchev–Trinajstić information content (AvgIpc) is 2.58. The van der Waals surface area contributed by atoms with Crippen molar-refractivity contribution in [2.75, 3.05) is 12.4 Å². The summed E-state index contributed by atoms with van der Waals surface area (Å²) >= 11 is -1.72. The van der Waals surface area contributed by atoms with Crippen LogP contribution in [0.5, 0.6) is 5.75 Å². The van der Waals surface area contributed by atoms with Crippen molar-refractivity contribution in [3.8, 4) is 5.75 Å². The van der Waals surface area contributed by atoms with Crippen molar-refractivity contribution in [1.82, 2.24) is 10.2 Å². The highest BCUT2D eigenvalue weighted by molar-refractivity contribution is 7.92. The van der Waals surface area contributed by atoms with Crippen LogP contribution in [0.3, 0.4) is 0 Å². The van der Waals surface area contributed by atoms with Crippen LogP contribution in [0.25, 0.3) is 0 Å². The van der Waals surface area contributed by atoms with Crippen LogP contribution < -0.4 is 10.1 Å². The first kappa shape index (κ1) is 17.1. The largest absolute Gasteiger partial charge is 0.614 e. The summed E-state index contributed by atoms with van der Waals surface area (Å²) in [6.45, 7) is -0.347. The molecule has 0 bridgehead atoms. The van der Waals surface area contributed by atoms with E-state index in [0.29, 0.717) is 5.75 Å². The van der Waals surface area contributed by atoms with E-state index in [1.807, 2.05) is 0 Å². The van der Waals surface area contributed by atoms with Crippen LogP contribution in [0.15, 0.2) is 41.8 Å². The van der Waals surface area contributed by atoms with Crippen LogP contribution >= 0.6 is 0 Å². The highest BCUT2D eigenvalue weighted by atomic mass is 32.2. The number of hydrogen-bond donors (Lipinski definition) is 3. The molecule has 3 rings (SSSR count). The number of rotatable bonds is 5. The Kier molecular flexibility index (Phi) is 4.55. The molecule has 25 heavy (non-hydrogen) atoms. The van der Waals surface area contributed by atoms with Gasteiger partial charge in [0.2, 0.25) is 5.37 Å². The van der Waals surface area contributed by atoms with Gasteiger partial charge in [0.15, 0.2) is 29.9 Å². The number of carboxylic acids is 1. The monoisotopic (exact) mass is 366 g/mol. The van der Waals surface area contributed by atoms with Gasteiger partial charge in [0.05, 0.1) is 0 Å². The number of carbonyl (C=O) groups is 3. The van der Waals surface area contributed by atoms with Crippen molar-refractivity contribution in [2.24, 2.45) is 0 Å². The number of hydrogen-bond acceptors (Lipinski definition) is 6. The minimum Gasteiger partial charge on any atom is -0.614 e. The number of aliphatic hydroxyl groups excluding tert-OH is 1. The normalized spacial score (nSPS) is 25.1. The van der Waals surface area contributed by atoms with Crippen molar-refractivity contribution in [3.05, 3.63) is 41.8 Å². The number of fused-ring (bicyclic) bond motifs is 1. The smallest absolute Gasteiger partial charge is 0.356 e. The molecule has 0 aromatic heterocycles. The number of ether oxygens (including phenoxy) is 1. The summed E-state index contributed by atoms with van der Waals surface area (Å²) in [4.78, 5) is 36.0. The summed E-state index contributed by atoms with van der Waals surface area (Å²) in [6, 6.07) is 7.46. The van der Waals surface area contributed by atoms with Gasteiger partial charge in [0, 0.05) is 0 Å². The van der Waals surface area contributed by atoms with Crippen molar-refractivity contribution >= 4 is 29.0 Å². The van der Waals surface area contributed by atoms with E-state index >= 15 is 0 Å². The summed E-state index contributed by atoms with van der Waals surface area (Å²) in [5, 5.41) is 20.1. The van der Waals surface area contributed by atoms with Crippen molar-refractivity contribution in [3.63, 3.8) is 0 Å². The fourth-order valence-electron chi connectivity index (χ4n) is 2.64. The van der Waals surface area contributed by atoms with E-state index in [4.69, 9.17) is 9.84 Å². The molecule has 2 unspecified atom stereocenters. The zero-order valence-corrected chi connectivity index (χ0v) is 13.6. The first-order chi connectivity index (χ1) is 11.9. The van der Waals surface area contributed by atoms with Gasteiger partial charge in [-0.25, -0.2) is 4.79 Å². The molecule has 0 aliphatic carbocycles. The molecule has 1 saturated heterocycles. The second kappa shape index (κ2) is 6.65. The van der Waals surface area contributed by atoms with E-state index in [1.165, 1.54) is 0 Å². The molecule has 0 spiro atoms. The minimum atomic E-state index is -1.72. The second-order valence-corrected chi connectivity index (χ2v) is 6.90. The zero-order valence-electron chi connectivity index (χ0n) is 12.7. The fourth-order valence-corrected chi connectivity index (χ4v) is 4.15. The number of β-lactam (4-membered cyclic amide) rings is 1. The predicted octanol–water partition coefficient (Wildman–Crippen LogP) is -0.665. The molecular weight excluding hydrogens is 352 g/mol. The number of carboxylic acid groups (broad SMARTS) is 1. The summed E-state index contributed by atoms with van der Waals surface area (Å²) in [5.74, 6) is -3.37. The number of carbonyl (C=O) groups excluding carboxylic acids is 2. The molecule has 3 N–H and O–H groups in total. The van der Waals surface area contributed by atoms with Gasteiger partial charge in [-0.1, -0.05) is 18.2 Å². The molecule has 9 nitrogen and oxygen atoms in total. The summed E-state index contributed by atoms with van der Waals surface area (Å²) in [6.07, 6.45) is 0. The van der Waals surface area contributed by atoms with Crippen molar-refractivity contribution < 1.29 is 33.9 Å². The highest BCUT2D eigenvalue weighted by Gasteiger charge is 2.61. The van der Waals surface area contributed by atoms with Crippen LogP contribution in [0.1, 0.15) is 0 Å². The Morgan fingerprint density at radius 2 is 2.04 bits per heavy atom. The Morgan fingerprint density at radius 3 is 2.68 bits per heavy atom. The Labute approximate surface area is 145 Å². The lowest BCUT2D eigenvalue weighted by molar-refractivity contribution is -0.151. The van der Waals surface area contributed by atoms with E-state index in [9.17, 15) is 24.0 Å². The van der Waals surface area contributed by atoms with Gasteiger partial charge >= 0.3 is 5.97 Å². The highest BCUT2D eigenvalue weighted by Crippen LogP contribution is 2.35. The van der Waals surface area contributed by atoms with E-state index < -0.39 is 51.8 Å². The maximum Gasteiger partial charge on any atom is 0.356 e. The number of benzene rings is 1. The third-order valence-electron chi connectivity index (χ3n) is 3.74. The SMILES string of the molecule is O=C(COc1ccccc1)NC1C(=O)N2C(C(=O)O)=C(O)C[S+]([O-])[C@H]12. The number of amides is 2. The molecule has 2 aliphatic heterocycles. The maximum absolute atomic E-state index is 12.1. The van der Waals surface area contributed by atoms with Gasteiger partial charge in [-0.2, -0.15) is 0 Å². The van der Waals surface area contributed by atoms with Crippen LogP contribution in [-0.4, -0.2) is 61.2 Å². The zero-order chi connectivity index (χ0) is 18.1. The van der Waals surface area contributed by atoms with Crippen molar-refractivity contribution in [2.45, 2.75) is 11.4 Å². The molecule has 10 heteroatoms. The van der Waals surface area contributed by atoms with E-state index in [1.54, 1.807) is 30.3 Å². The first-order valence-corrected chi connectivity index (χ1v) is 8.61. The molecule has 1 aromatic rings. The molecule has 1 fully saturated rings. The Morgan fingerprint density at radius 1 is 1.36 bits per heavy atom.